The number of nitrogens with two attached hydrogens (primary N) is 3. The predicted octanol–water partition coefficient (Wildman–Crippen LogP) is -2.28. The molecule has 1 aliphatic heterocycles. The van der Waals surface area contributed by atoms with Crippen molar-refractivity contribution in [2.45, 2.75) is 5.66 Å². The number of carbonyl (C=O) groups excluding carboxylic acids is 2. The van der Waals surface area contributed by atoms with Crippen LogP contribution in [-0.2, 0) is 4.79 Å². The van der Waals surface area contributed by atoms with Gasteiger partial charge in [-0.15, -0.1) is 5.43 Å². The molecule has 0 aliphatic carbocycles. The summed E-state index contributed by atoms with van der Waals surface area (Å²) in [7, 11) is 3.67. The standard InChI is InChI=1S/C14H23N9O2/c1-23(2)8-4-14(17,22-23)12(25)21-9-3-5-18-10(9)11(24)19-6-7-20-13(15)16/h3-5,8,22H,6-7,17H2,1-2H3,(H6-,15,16,18,19,20,21,24,25)/p+1. The van der Waals surface area contributed by atoms with Gasteiger partial charge in [0.1, 0.15) is 11.9 Å². The highest BCUT2D eigenvalue weighted by Crippen LogP contribution is 2.18. The highest BCUT2D eigenvalue weighted by atomic mass is 16.2. The first kappa shape index (κ1) is 18.4. The van der Waals surface area contributed by atoms with E-state index in [1.807, 2.05) is 14.1 Å². The summed E-state index contributed by atoms with van der Waals surface area (Å²) in [6.45, 7) is 0.504. The lowest BCUT2D eigenvalue weighted by Gasteiger charge is -2.27. The van der Waals surface area contributed by atoms with Crippen LogP contribution in [0.25, 0.3) is 0 Å². The lowest BCUT2D eigenvalue weighted by atomic mass is 10.1. The number of anilines is 1. The minimum absolute atomic E-state index is 0.0474. The molecule has 2 heterocycles. The van der Waals surface area contributed by atoms with Gasteiger partial charge in [0.15, 0.2) is 5.96 Å². The molecule has 0 spiro atoms. The second-order valence-electron chi connectivity index (χ2n) is 6.12. The first-order valence-corrected chi connectivity index (χ1v) is 7.58. The van der Waals surface area contributed by atoms with Crippen LogP contribution < -0.4 is 33.3 Å². The zero-order valence-corrected chi connectivity index (χ0v) is 14.2. The highest BCUT2D eigenvalue weighted by molar-refractivity contribution is 6.05. The minimum Gasteiger partial charge on any atom is -0.370 e. The first-order chi connectivity index (χ1) is 11.6. The first-order valence-electron chi connectivity index (χ1n) is 7.58. The van der Waals surface area contributed by atoms with Gasteiger partial charge >= 0.3 is 0 Å². The molecule has 136 valence electrons. The number of aliphatic imine (C=N–C) groups is 1. The number of amides is 2. The van der Waals surface area contributed by atoms with Gasteiger partial charge in [0.05, 0.1) is 26.3 Å². The van der Waals surface area contributed by atoms with E-state index in [1.165, 1.54) is 0 Å². The van der Waals surface area contributed by atoms with E-state index in [1.54, 1.807) is 24.5 Å². The molecule has 0 fully saturated rings. The molecule has 1 atom stereocenters. The fourth-order valence-electron chi connectivity index (χ4n) is 2.31. The largest absolute Gasteiger partial charge is 0.370 e. The number of hydrogen-bond acceptors (Lipinski definition) is 5. The van der Waals surface area contributed by atoms with Crippen molar-refractivity contribution in [3.8, 4) is 0 Å². The highest BCUT2D eigenvalue weighted by Gasteiger charge is 2.43. The molecular weight excluding hydrogens is 326 g/mol. The molecular formula is C14H24N9O2+. The number of nitrogens with one attached hydrogen (secondary N) is 4. The fourth-order valence-corrected chi connectivity index (χ4v) is 2.31. The van der Waals surface area contributed by atoms with Crippen LogP contribution >= 0.6 is 0 Å². The van der Waals surface area contributed by atoms with E-state index in [-0.39, 0.29) is 29.3 Å². The van der Waals surface area contributed by atoms with Crippen LogP contribution in [-0.4, -0.2) is 60.2 Å². The van der Waals surface area contributed by atoms with Gasteiger partial charge in [0.25, 0.3) is 11.8 Å². The van der Waals surface area contributed by atoms with E-state index in [9.17, 15) is 9.59 Å². The molecule has 2 amide bonds. The Morgan fingerprint density at radius 1 is 1.36 bits per heavy atom. The van der Waals surface area contributed by atoms with E-state index in [0.717, 1.165) is 0 Å². The average Bonchev–Trinajstić information content (AvgIpc) is 3.08. The summed E-state index contributed by atoms with van der Waals surface area (Å²) in [5, 5.41) is 5.30. The molecule has 1 aromatic rings. The Bertz CT molecular complexity index is 718. The number of nitrogens with zero attached hydrogens (tertiary/aromatic N) is 2. The van der Waals surface area contributed by atoms with Crippen molar-refractivity contribution in [1.82, 2.24) is 15.7 Å². The Labute approximate surface area is 144 Å². The summed E-state index contributed by atoms with van der Waals surface area (Å²) in [5.74, 6) is -0.932. The molecule has 25 heavy (non-hydrogen) atoms. The van der Waals surface area contributed by atoms with Crippen LogP contribution in [0.4, 0.5) is 5.69 Å². The van der Waals surface area contributed by atoms with Gasteiger partial charge in [-0.2, -0.15) is 0 Å². The molecule has 11 heteroatoms. The maximum atomic E-state index is 12.5. The number of H-pyrrole nitrogens is 1. The van der Waals surface area contributed by atoms with Crippen molar-refractivity contribution in [2.24, 2.45) is 22.2 Å². The van der Waals surface area contributed by atoms with Crippen LogP contribution in [0.3, 0.4) is 0 Å². The van der Waals surface area contributed by atoms with E-state index in [4.69, 9.17) is 17.2 Å². The molecule has 11 nitrogen and oxygen atoms in total. The topological polar surface area (TPSA) is 176 Å². The predicted molar refractivity (Wildman–Crippen MR) is 93.7 cm³/mol. The third-order valence-electron chi connectivity index (χ3n) is 3.47. The third-order valence-corrected chi connectivity index (χ3v) is 3.47. The van der Waals surface area contributed by atoms with Crippen LogP contribution in [0.2, 0.25) is 0 Å². The SMILES string of the molecule is C[N+]1(C)C=CC(N)(C(=O)Nc2cc[nH]c2C(=O)NCCN=C(N)N)N1. The van der Waals surface area contributed by atoms with Gasteiger partial charge in [-0.05, 0) is 6.07 Å². The molecule has 0 aromatic carbocycles. The molecule has 1 aliphatic rings. The van der Waals surface area contributed by atoms with E-state index >= 15 is 0 Å². The maximum absolute atomic E-state index is 12.5. The Morgan fingerprint density at radius 3 is 2.68 bits per heavy atom. The van der Waals surface area contributed by atoms with Crippen molar-refractivity contribution in [3.05, 3.63) is 30.2 Å². The third kappa shape index (κ3) is 4.56. The number of rotatable bonds is 6. The lowest BCUT2D eigenvalue weighted by molar-refractivity contribution is -0.883. The van der Waals surface area contributed by atoms with Gasteiger partial charge in [0.2, 0.25) is 5.66 Å². The van der Waals surface area contributed by atoms with Crippen LogP contribution in [0, 0.1) is 0 Å². The Morgan fingerprint density at radius 2 is 2.08 bits per heavy atom. The quantitative estimate of drug-likeness (QED) is 0.131. The summed E-state index contributed by atoms with van der Waals surface area (Å²) in [5.41, 5.74) is 18.6. The summed E-state index contributed by atoms with van der Waals surface area (Å²) < 4.78 is 0.259. The number of aromatic amines is 1. The van der Waals surface area contributed by atoms with Crippen molar-refractivity contribution >= 4 is 23.5 Å². The monoisotopic (exact) mass is 350 g/mol. The molecule has 0 bridgehead atoms. The number of carbonyl (C=O) groups is 2. The maximum Gasteiger partial charge on any atom is 0.269 e. The fraction of sp³-hybridized carbons (Fsp3) is 0.357. The molecule has 10 N–H and O–H groups in total. The Kier molecular flexibility index (Phi) is 5.11. The summed E-state index contributed by atoms with van der Waals surface area (Å²) >= 11 is 0. The Hall–Kier alpha value is -2.89. The Balaban J connectivity index is 1.99. The molecule has 1 aromatic heterocycles. The van der Waals surface area contributed by atoms with Crippen LogP contribution in [0.5, 0.6) is 0 Å². The number of aromatic nitrogens is 1. The van der Waals surface area contributed by atoms with Crippen molar-refractivity contribution in [3.63, 3.8) is 0 Å². The van der Waals surface area contributed by atoms with Crippen molar-refractivity contribution in [2.75, 3.05) is 32.5 Å². The van der Waals surface area contributed by atoms with Crippen LogP contribution in [0.1, 0.15) is 10.5 Å². The average molecular weight is 350 g/mol. The zero-order valence-electron chi connectivity index (χ0n) is 14.2. The molecule has 1 unspecified atom stereocenters. The van der Waals surface area contributed by atoms with E-state index in [2.05, 4.69) is 26.0 Å². The van der Waals surface area contributed by atoms with Crippen molar-refractivity contribution < 1.29 is 14.2 Å². The summed E-state index contributed by atoms with van der Waals surface area (Å²) in [4.78, 5) is 31.2. The molecule has 2 rings (SSSR count). The van der Waals surface area contributed by atoms with Gasteiger partial charge in [0, 0.05) is 18.8 Å². The second-order valence-corrected chi connectivity index (χ2v) is 6.12. The molecule has 0 saturated heterocycles. The smallest absolute Gasteiger partial charge is 0.269 e. The minimum atomic E-state index is -1.37. The van der Waals surface area contributed by atoms with Gasteiger partial charge in [-0.1, -0.05) is 0 Å². The summed E-state index contributed by atoms with van der Waals surface area (Å²) in [6, 6.07) is 1.57. The van der Waals surface area contributed by atoms with Crippen molar-refractivity contribution in [1.29, 1.82) is 0 Å². The normalized spacial score (nSPS) is 20.9. The van der Waals surface area contributed by atoms with E-state index < -0.39 is 17.5 Å². The van der Waals surface area contributed by atoms with Gasteiger partial charge in [-0.25, -0.2) is 4.59 Å². The number of quaternary nitrogens is 1. The number of guanidine groups is 1. The zero-order chi connectivity index (χ0) is 18.7. The second kappa shape index (κ2) is 6.93. The van der Waals surface area contributed by atoms with Gasteiger partial charge < -0.3 is 27.1 Å². The van der Waals surface area contributed by atoms with E-state index in [0.29, 0.717) is 5.69 Å². The summed E-state index contributed by atoms with van der Waals surface area (Å²) in [6.07, 6.45) is 4.87. The van der Waals surface area contributed by atoms with Crippen LogP contribution in [0.15, 0.2) is 29.5 Å². The van der Waals surface area contributed by atoms with Gasteiger partial charge in [-0.3, -0.25) is 20.3 Å². The molecule has 0 radical (unpaired) electrons. The molecule has 0 saturated carbocycles. The lowest BCUT2D eigenvalue weighted by Crippen LogP contribution is -2.64. The number of hydrogen-bond donors (Lipinski definition) is 7.